The summed E-state index contributed by atoms with van der Waals surface area (Å²) in [6.45, 7) is 12.0. The van der Waals surface area contributed by atoms with Crippen molar-refractivity contribution in [3.8, 4) is 0 Å². The number of carbonyl (C=O) groups excluding carboxylic acids is 13. The van der Waals surface area contributed by atoms with Gasteiger partial charge in [0.05, 0.1) is 80.9 Å². The van der Waals surface area contributed by atoms with Crippen molar-refractivity contribution in [2.75, 3.05) is 128 Å². The summed E-state index contributed by atoms with van der Waals surface area (Å²) in [7, 11) is 0. The molecule has 41 nitrogen and oxygen atoms in total. The number of primary amides is 1. The number of hydrogen-bond acceptors (Lipinski definition) is 28. The second-order valence-corrected chi connectivity index (χ2v) is 30.3. The predicted octanol–water partition coefficient (Wildman–Crippen LogP) is -3.95. The molecule has 1 saturated heterocycles. The minimum absolute atomic E-state index is 0.00879. The number of guanidine groups is 1. The number of thiol groups is 2. The molecule has 13 amide bonds. The number of benzene rings is 1. The molecular formula is C73H124N20O21S3. The molecular weight excluding hydrogens is 1590 g/mol. The number of unbranched alkanes of at least 4 members (excludes halogenated alkanes) is 1. The highest BCUT2D eigenvalue weighted by atomic mass is 32.2. The Bertz CT molecular complexity index is 3350. The van der Waals surface area contributed by atoms with Crippen molar-refractivity contribution in [3.05, 3.63) is 35.9 Å². The van der Waals surface area contributed by atoms with Crippen LogP contribution in [0.4, 0.5) is 0 Å². The van der Waals surface area contributed by atoms with Crippen LogP contribution in [0.2, 0.25) is 0 Å². The van der Waals surface area contributed by atoms with Gasteiger partial charge in [-0.1, -0.05) is 40.6 Å². The first kappa shape index (κ1) is 104. The first-order chi connectivity index (χ1) is 55.6. The molecule has 1 fully saturated rings. The number of carbonyl (C=O) groups is 14. The third-order valence-electron chi connectivity index (χ3n) is 18.3. The molecule has 0 saturated carbocycles. The number of carboxylic acid groups (broad SMARTS) is 1. The van der Waals surface area contributed by atoms with E-state index in [-0.39, 0.29) is 172 Å². The van der Waals surface area contributed by atoms with Crippen LogP contribution in [0.1, 0.15) is 131 Å². The van der Waals surface area contributed by atoms with Crippen LogP contribution in [-0.2, 0) is 92.5 Å². The fourth-order valence-electron chi connectivity index (χ4n) is 11.0. The minimum atomic E-state index is -1.87. The van der Waals surface area contributed by atoms with Gasteiger partial charge in [-0.15, -0.1) is 0 Å². The standard InChI is InChI=1S/C73H124N20O21S3/c1-46(92-109)72(3,4)83-27-21-48(22-28-84-73(5,6)47(2)93-110)20-26-78-59(96)19-12-18-58(95)77-24-11-10-16-51-66(104)90-55(43-115)69(107)87-50(17-13-25-81-71(75)76)65(103)82-40-60(97)86-54(39-63(100)101)68(106)91-56(44-116)70(108)89-53(38-49-14-8-7-9-15-49)67(105)88-52(23-37-117-45-62(99)85-51)64(102)80-30-32-112-34-36-113-35-33-111-31-29-79-61(98)42-114-41-57(74)94/h7-9,14-15,48,50-56,83-84,109-110,115-116H,10-13,16-45H2,1-6H3,(H2,74,94)(H,77,95)(H,78,96)(H,79,98)(H,80,102)(H,82,103)(H,85,99)(H,86,97)(H,87,107)(H,88,105)(H,89,108)(H,90,104)(H,91,106)(H,100,101)(H4,75,76,81)/b92-46-,93-47-/t50-,51-,52-,53-,54-,55-,56-/m0/s1. The highest BCUT2D eigenvalue weighted by molar-refractivity contribution is 7.99. The zero-order valence-corrected chi connectivity index (χ0v) is 70.2. The van der Waals surface area contributed by atoms with E-state index in [1.165, 1.54) is 0 Å². The van der Waals surface area contributed by atoms with Crippen LogP contribution in [0, 0.1) is 11.3 Å². The molecule has 23 N–H and O–H groups in total. The molecule has 1 aliphatic heterocycles. The summed E-state index contributed by atoms with van der Waals surface area (Å²) in [5.41, 5.74) is 10.9. The van der Waals surface area contributed by atoms with Gasteiger partial charge in [-0.2, -0.15) is 37.0 Å². The van der Waals surface area contributed by atoms with Crippen molar-refractivity contribution in [1.29, 1.82) is 5.41 Å². The number of ether oxygens (including phenoxy) is 4. The number of nitrogens with two attached hydrogens (primary N) is 2. The van der Waals surface area contributed by atoms with E-state index in [0.717, 1.165) is 24.6 Å². The Morgan fingerprint density at radius 2 is 1.03 bits per heavy atom. The summed E-state index contributed by atoms with van der Waals surface area (Å²) >= 11 is 9.59. The molecule has 1 heterocycles. The highest BCUT2D eigenvalue weighted by Gasteiger charge is 2.35. The summed E-state index contributed by atoms with van der Waals surface area (Å²) in [6, 6.07) is -2.15. The molecule has 1 aromatic carbocycles. The monoisotopic (exact) mass is 1710 g/mol. The van der Waals surface area contributed by atoms with E-state index in [1.807, 2.05) is 27.7 Å². The number of amides is 13. The van der Waals surface area contributed by atoms with E-state index in [1.54, 1.807) is 44.2 Å². The summed E-state index contributed by atoms with van der Waals surface area (Å²) in [5.74, 6) is -13.0. The molecule has 2 rings (SSSR count). The Morgan fingerprint density at radius 1 is 0.547 bits per heavy atom. The molecule has 0 unspecified atom stereocenters. The first-order valence-electron chi connectivity index (χ1n) is 38.7. The highest BCUT2D eigenvalue weighted by Crippen LogP contribution is 2.17. The quantitative estimate of drug-likeness (QED) is 0.00739. The molecule has 0 radical (unpaired) electrons. The van der Waals surface area contributed by atoms with Crippen LogP contribution in [0.3, 0.4) is 0 Å². The van der Waals surface area contributed by atoms with E-state index < -0.39 is 156 Å². The molecule has 0 bridgehead atoms. The Kier molecular flexibility index (Phi) is 52.8. The van der Waals surface area contributed by atoms with Crippen LogP contribution in [0.5, 0.6) is 0 Å². The number of aliphatic carboxylic acids is 1. The lowest BCUT2D eigenvalue weighted by Gasteiger charge is -2.28. The fourth-order valence-corrected chi connectivity index (χ4v) is 12.3. The second kappa shape index (κ2) is 59.5. The van der Waals surface area contributed by atoms with Crippen molar-refractivity contribution < 1.29 is 102 Å². The molecule has 0 aliphatic carbocycles. The number of thioether (sulfide) groups is 1. The molecule has 0 aromatic heterocycles. The van der Waals surface area contributed by atoms with Crippen LogP contribution in [0.15, 0.2) is 40.6 Å². The van der Waals surface area contributed by atoms with Gasteiger partial charge in [0.2, 0.25) is 76.8 Å². The molecule has 1 aliphatic rings. The van der Waals surface area contributed by atoms with Gasteiger partial charge in [-0.05, 0) is 136 Å². The lowest BCUT2D eigenvalue weighted by atomic mass is 9.94. The van der Waals surface area contributed by atoms with Crippen molar-refractivity contribution in [3.63, 3.8) is 0 Å². The minimum Gasteiger partial charge on any atom is -0.481 e. The Hall–Kier alpha value is -9.18. The maximum absolute atomic E-state index is 14.6. The molecule has 0 spiro atoms. The van der Waals surface area contributed by atoms with Crippen molar-refractivity contribution >= 4 is 137 Å². The van der Waals surface area contributed by atoms with Crippen molar-refractivity contribution in [1.82, 2.24) is 79.8 Å². The zero-order valence-electron chi connectivity index (χ0n) is 67.6. The maximum Gasteiger partial charge on any atom is 0.305 e. The SMILES string of the molecule is C/C(=N/O)C(C)(C)NCCC(CCNC(=O)CCCC(=O)NCCCC[C@@H]1NC(=O)CSCC[C@@H](C(=O)NCCOCCOCCOCCNC(=O)COCC(N)=O)NC(=O)[C@H](Cc2ccccc2)NC(=O)[C@H](CS)NC(=O)[C@H](CC(=O)O)NC(=O)CNC(=O)[C@H](CCCNC(=N)N)NC(=O)[C@H](CS)NC1=O)CCNC(C)(C)/C(C)=N\O. The Balaban J connectivity index is 2.41. The van der Waals surface area contributed by atoms with E-state index in [9.17, 15) is 82.6 Å². The normalized spacial score (nSPS) is 19.4. The smallest absolute Gasteiger partial charge is 0.305 e. The molecule has 117 heavy (non-hydrogen) atoms. The van der Waals surface area contributed by atoms with Crippen LogP contribution in [0.25, 0.3) is 0 Å². The topological polar surface area (TPSA) is 618 Å². The van der Waals surface area contributed by atoms with Crippen molar-refractivity contribution in [2.24, 2.45) is 27.7 Å². The number of oxime groups is 2. The lowest BCUT2D eigenvalue weighted by Crippen LogP contribution is -2.60. The molecule has 44 heteroatoms. The van der Waals surface area contributed by atoms with Gasteiger partial charge >= 0.3 is 5.97 Å². The van der Waals surface area contributed by atoms with E-state index in [4.69, 9.17) is 35.8 Å². The number of rotatable bonds is 49. The fraction of sp³-hybridized carbons (Fsp3) is 0.685. The lowest BCUT2D eigenvalue weighted by molar-refractivity contribution is -0.141. The summed E-state index contributed by atoms with van der Waals surface area (Å²) in [4.78, 5) is 187. The van der Waals surface area contributed by atoms with Gasteiger partial charge in [-0.3, -0.25) is 72.5 Å². The molecule has 7 atom stereocenters. The Labute approximate surface area is 697 Å². The zero-order chi connectivity index (χ0) is 87.1. The number of carboxylic acids is 1. The van der Waals surface area contributed by atoms with Gasteiger partial charge in [0.25, 0.3) is 0 Å². The third-order valence-corrected chi connectivity index (χ3v) is 20.0. The average Bonchev–Trinajstić information content (AvgIpc) is 0.845. The maximum atomic E-state index is 14.6. The number of nitrogens with one attached hydrogen (secondary N) is 16. The molecule has 660 valence electrons. The van der Waals surface area contributed by atoms with Crippen LogP contribution in [-0.4, -0.2) is 297 Å². The Morgan fingerprint density at radius 3 is 1.58 bits per heavy atom. The van der Waals surface area contributed by atoms with Gasteiger partial charge < -0.3 is 126 Å². The summed E-state index contributed by atoms with van der Waals surface area (Å²) in [6.07, 6.45) is 1.49. The predicted molar refractivity (Wildman–Crippen MR) is 441 cm³/mol. The van der Waals surface area contributed by atoms with Gasteiger partial charge in [0, 0.05) is 63.5 Å². The number of hydrogen-bond donors (Lipinski definition) is 23. The van der Waals surface area contributed by atoms with Crippen molar-refractivity contribution in [2.45, 2.75) is 185 Å². The molecule has 1 aromatic rings. The van der Waals surface area contributed by atoms with E-state index >= 15 is 0 Å². The van der Waals surface area contributed by atoms with Gasteiger partial charge in [0.15, 0.2) is 5.96 Å². The summed E-state index contributed by atoms with van der Waals surface area (Å²) in [5, 5.41) is 83.3. The van der Waals surface area contributed by atoms with E-state index in [2.05, 4.69) is 115 Å². The summed E-state index contributed by atoms with van der Waals surface area (Å²) < 4.78 is 21.5. The largest absolute Gasteiger partial charge is 0.481 e. The third kappa shape index (κ3) is 47.1. The van der Waals surface area contributed by atoms with Crippen LogP contribution < -0.4 is 91.2 Å². The van der Waals surface area contributed by atoms with E-state index in [0.29, 0.717) is 43.0 Å². The first-order valence-corrected chi connectivity index (χ1v) is 41.1. The number of nitrogens with zero attached hydrogens (tertiary/aromatic N) is 2. The van der Waals surface area contributed by atoms with Crippen LogP contribution >= 0.6 is 37.0 Å². The average molecular weight is 1710 g/mol. The second-order valence-electron chi connectivity index (χ2n) is 28.4. The van der Waals surface area contributed by atoms with Gasteiger partial charge in [-0.25, -0.2) is 0 Å². The van der Waals surface area contributed by atoms with Gasteiger partial charge in [0.1, 0.15) is 55.5 Å².